The van der Waals surface area contributed by atoms with Crippen LogP contribution in [0.1, 0.15) is 5.56 Å². The Morgan fingerprint density at radius 1 is 1.00 bits per heavy atom. The van der Waals surface area contributed by atoms with E-state index >= 15 is 0 Å². The van der Waals surface area contributed by atoms with Crippen LogP contribution in [0, 0.1) is 0 Å². The van der Waals surface area contributed by atoms with Crippen molar-refractivity contribution in [2.45, 2.75) is 6.42 Å². The molecule has 0 spiro atoms. The third-order valence-electron chi connectivity index (χ3n) is 2.84. The van der Waals surface area contributed by atoms with Crippen LogP contribution in [0.2, 0.25) is 0 Å². The molecule has 20 heavy (non-hydrogen) atoms. The van der Waals surface area contributed by atoms with E-state index in [9.17, 15) is 0 Å². The first-order valence-electron chi connectivity index (χ1n) is 6.71. The summed E-state index contributed by atoms with van der Waals surface area (Å²) in [6, 6.07) is 12.3. The standard InChI is InChI=1S/C15H20N4O/c1-20-10-9-17-15-11-14(18-12-19-15)16-8-7-13-5-3-2-4-6-13/h2-6,11-12H,7-10H2,1H3,(H2,16,17,18,19). The maximum Gasteiger partial charge on any atom is 0.131 e. The molecule has 0 aliphatic rings. The van der Waals surface area contributed by atoms with Gasteiger partial charge in [0.15, 0.2) is 0 Å². The Balaban J connectivity index is 1.79. The Bertz CT molecular complexity index is 504. The second kappa shape index (κ2) is 8.12. The van der Waals surface area contributed by atoms with Crippen LogP contribution < -0.4 is 10.6 Å². The number of hydrogen-bond donors (Lipinski definition) is 2. The van der Waals surface area contributed by atoms with Gasteiger partial charge < -0.3 is 15.4 Å². The zero-order valence-electron chi connectivity index (χ0n) is 11.7. The van der Waals surface area contributed by atoms with Crippen LogP contribution in [0.3, 0.4) is 0 Å². The van der Waals surface area contributed by atoms with Gasteiger partial charge >= 0.3 is 0 Å². The molecule has 2 aromatic rings. The second-order valence-corrected chi connectivity index (χ2v) is 4.37. The van der Waals surface area contributed by atoms with Crippen molar-refractivity contribution >= 4 is 11.6 Å². The number of ether oxygens (including phenoxy) is 1. The summed E-state index contributed by atoms with van der Waals surface area (Å²) in [5.74, 6) is 1.63. The quantitative estimate of drug-likeness (QED) is 0.721. The smallest absolute Gasteiger partial charge is 0.131 e. The molecule has 0 saturated carbocycles. The first-order chi connectivity index (χ1) is 9.88. The molecular weight excluding hydrogens is 252 g/mol. The molecule has 0 radical (unpaired) electrons. The summed E-state index contributed by atoms with van der Waals surface area (Å²) in [4.78, 5) is 8.37. The number of anilines is 2. The molecule has 1 aromatic carbocycles. The zero-order valence-corrected chi connectivity index (χ0v) is 11.7. The summed E-state index contributed by atoms with van der Waals surface area (Å²) in [6.07, 6.45) is 2.53. The van der Waals surface area contributed by atoms with Crippen molar-refractivity contribution in [1.82, 2.24) is 9.97 Å². The Labute approximate surface area is 119 Å². The molecule has 0 atom stereocenters. The van der Waals surface area contributed by atoms with E-state index in [0.29, 0.717) is 6.61 Å². The molecule has 0 aliphatic heterocycles. The van der Waals surface area contributed by atoms with Crippen molar-refractivity contribution in [3.05, 3.63) is 48.3 Å². The summed E-state index contributed by atoms with van der Waals surface area (Å²) in [5, 5.41) is 6.48. The third kappa shape index (κ3) is 4.85. The minimum absolute atomic E-state index is 0.654. The number of rotatable bonds is 8. The van der Waals surface area contributed by atoms with Crippen LogP contribution in [-0.2, 0) is 11.2 Å². The summed E-state index contributed by atoms with van der Waals surface area (Å²) in [6.45, 7) is 2.23. The van der Waals surface area contributed by atoms with E-state index in [-0.39, 0.29) is 0 Å². The topological polar surface area (TPSA) is 59.1 Å². The van der Waals surface area contributed by atoms with Gasteiger partial charge in [0.2, 0.25) is 0 Å². The van der Waals surface area contributed by atoms with Crippen molar-refractivity contribution < 1.29 is 4.74 Å². The number of nitrogens with one attached hydrogen (secondary N) is 2. The molecule has 106 valence electrons. The molecule has 2 rings (SSSR count). The van der Waals surface area contributed by atoms with Gasteiger partial charge in [-0.3, -0.25) is 0 Å². The summed E-state index contributed by atoms with van der Waals surface area (Å²) >= 11 is 0. The third-order valence-corrected chi connectivity index (χ3v) is 2.84. The van der Waals surface area contributed by atoms with Gasteiger partial charge in [0.1, 0.15) is 18.0 Å². The molecule has 5 nitrogen and oxygen atoms in total. The summed E-state index contributed by atoms with van der Waals surface area (Å²) < 4.78 is 4.99. The highest BCUT2D eigenvalue weighted by Crippen LogP contribution is 2.08. The number of aromatic nitrogens is 2. The number of methoxy groups -OCH3 is 1. The minimum Gasteiger partial charge on any atom is -0.383 e. The Morgan fingerprint density at radius 3 is 2.40 bits per heavy atom. The van der Waals surface area contributed by atoms with Crippen molar-refractivity contribution in [1.29, 1.82) is 0 Å². The highest BCUT2D eigenvalue weighted by atomic mass is 16.5. The predicted octanol–water partition coefficient (Wildman–Crippen LogP) is 2.19. The first-order valence-corrected chi connectivity index (χ1v) is 6.71. The second-order valence-electron chi connectivity index (χ2n) is 4.37. The molecule has 1 aromatic heterocycles. The minimum atomic E-state index is 0.654. The van der Waals surface area contributed by atoms with Gasteiger partial charge in [-0.15, -0.1) is 0 Å². The van der Waals surface area contributed by atoms with Gasteiger partial charge in [-0.05, 0) is 12.0 Å². The summed E-state index contributed by atoms with van der Waals surface area (Å²) in [7, 11) is 1.68. The molecule has 0 bridgehead atoms. The van der Waals surface area contributed by atoms with Crippen molar-refractivity contribution in [2.75, 3.05) is 37.4 Å². The molecule has 2 N–H and O–H groups in total. The van der Waals surface area contributed by atoms with E-state index in [1.165, 1.54) is 5.56 Å². The maximum atomic E-state index is 4.99. The average molecular weight is 272 g/mol. The molecule has 1 heterocycles. The van der Waals surface area contributed by atoms with E-state index in [0.717, 1.165) is 31.1 Å². The molecule has 0 saturated heterocycles. The normalized spacial score (nSPS) is 10.2. The van der Waals surface area contributed by atoms with Gasteiger partial charge in [-0.25, -0.2) is 9.97 Å². The van der Waals surface area contributed by atoms with Crippen LogP contribution >= 0.6 is 0 Å². The van der Waals surface area contributed by atoms with Crippen LogP contribution in [0.5, 0.6) is 0 Å². The van der Waals surface area contributed by atoms with Crippen LogP contribution in [0.4, 0.5) is 11.6 Å². The molecule has 0 aliphatic carbocycles. The monoisotopic (exact) mass is 272 g/mol. The van der Waals surface area contributed by atoms with Crippen molar-refractivity contribution in [3.63, 3.8) is 0 Å². The Morgan fingerprint density at radius 2 is 1.70 bits per heavy atom. The lowest BCUT2D eigenvalue weighted by atomic mass is 10.1. The fourth-order valence-electron chi connectivity index (χ4n) is 1.81. The van der Waals surface area contributed by atoms with Gasteiger partial charge in [0, 0.05) is 26.3 Å². The van der Waals surface area contributed by atoms with E-state index in [1.54, 1.807) is 13.4 Å². The zero-order chi connectivity index (χ0) is 14.0. The lowest BCUT2D eigenvalue weighted by Crippen LogP contribution is -2.10. The van der Waals surface area contributed by atoms with Crippen LogP contribution in [-0.4, -0.2) is 36.8 Å². The largest absolute Gasteiger partial charge is 0.383 e. The molecule has 0 unspecified atom stereocenters. The van der Waals surface area contributed by atoms with Gasteiger partial charge in [0.05, 0.1) is 6.61 Å². The Kier molecular flexibility index (Phi) is 5.79. The average Bonchev–Trinajstić information content (AvgIpc) is 2.49. The number of nitrogens with zero attached hydrogens (tertiary/aromatic N) is 2. The lowest BCUT2D eigenvalue weighted by molar-refractivity contribution is 0.210. The van der Waals surface area contributed by atoms with Gasteiger partial charge in [-0.1, -0.05) is 30.3 Å². The highest BCUT2D eigenvalue weighted by molar-refractivity contribution is 5.46. The van der Waals surface area contributed by atoms with Gasteiger partial charge in [-0.2, -0.15) is 0 Å². The van der Waals surface area contributed by atoms with E-state index in [1.807, 2.05) is 12.1 Å². The maximum absolute atomic E-state index is 4.99. The fourth-order valence-corrected chi connectivity index (χ4v) is 1.81. The van der Waals surface area contributed by atoms with E-state index < -0.39 is 0 Å². The van der Waals surface area contributed by atoms with E-state index in [4.69, 9.17) is 4.74 Å². The Hall–Kier alpha value is -2.14. The van der Waals surface area contributed by atoms with Crippen molar-refractivity contribution in [2.24, 2.45) is 0 Å². The predicted molar refractivity (Wildman–Crippen MR) is 81.0 cm³/mol. The molecule has 0 fully saturated rings. The summed E-state index contributed by atoms with van der Waals surface area (Å²) in [5.41, 5.74) is 1.31. The molecular formula is C15H20N4O. The van der Waals surface area contributed by atoms with Crippen molar-refractivity contribution in [3.8, 4) is 0 Å². The van der Waals surface area contributed by atoms with Crippen LogP contribution in [0.25, 0.3) is 0 Å². The fraction of sp³-hybridized carbons (Fsp3) is 0.333. The SMILES string of the molecule is COCCNc1cc(NCCc2ccccc2)ncn1. The van der Waals surface area contributed by atoms with Gasteiger partial charge in [0.25, 0.3) is 0 Å². The van der Waals surface area contributed by atoms with E-state index in [2.05, 4.69) is 44.9 Å². The molecule has 5 heteroatoms. The lowest BCUT2D eigenvalue weighted by Gasteiger charge is -2.08. The first kappa shape index (κ1) is 14.3. The molecule has 0 amide bonds. The highest BCUT2D eigenvalue weighted by Gasteiger charge is 1.98. The number of benzene rings is 1. The number of hydrogen-bond acceptors (Lipinski definition) is 5. The van der Waals surface area contributed by atoms with Crippen LogP contribution in [0.15, 0.2) is 42.7 Å².